The third-order valence-corrected chi connectivity index (χ3v) is 3.24. The molecule has 1 aromatic carbocycles. The van der Waals surface area contributed by atoms with Gasteiger partial charge in [-0.05, 0) is 35.7 Å². The van der Waals surface area contributed by atoms with E-state index in [1.807, 2.05) is 12.1 Å². The number of rotatable bonds is 2. The molecule has 0 aromatic heterocycles. The number of hydrogen-bond donors (Lipinski definition) is 2. The SMILES string of the molecule is COC(=O)Cc1cc2c(cc1C#N)CNCC2.O=C(O)C(F)(F)F. The number of hydrogen-bond acceptors (Lipinski definition) is 5. The van der Waals surface area contributed by atoms with E-state index < -0.39 is 12.1 Å². The highest BCUT2D eigenvalue weighted by Crippen LogP contribution is 2.20. The number of carboxylic acids is 1. The predicted octanol–water partition coefficient (Wildman–Crippen LogP) is 1.55. The molecule has 2 rings (SSSR count). The van der Waals surface area contributed by atoms with Crippen LogP contribution < -0.4 is 5.32 Å². The summed E-state index contributed by atoms with van der Waals surface area (Å²) < 4.78 is 36.4. The first-order valence-corrected chi connectivity index (χ1v) is 6.81. The molecule has 0 fully saturated rings. The normalized spacial score (nSPS) is 13.0. The molecule has 6 nitrogen and oxygen atoms in total. The Kier molecular flexibility index (Phi) is 6.73. The van der Waals surface area contributed by atoms with Crippen LogP contribution >= 0.6 is 0 Å². The van der Waals surface area contributed by atoms with Crippen LogP contribution in [0.4, 0.5) is 13.2 Å². The van der Waals surface area contributed by atoms with E-state index in [-0.39, 0.29) is 12.4 Å². The van der Waals surface area contributed by atoms with Crippen LogP contribution in [0.1, 0.15) is 22.3 Å². The van der Waals surface area contributed by atoms with Crippen molar-refractivity contribution in [3.05, 3.63) is 34.4 Å². The van der Waals surface area contributed by atoms with E-state index in [4.69, 9.17) is 15.2 Å². The maximum absolute atomic E-state index is 11.3. The number of benzene rings is 1. The second-order valence-corrected chi connectivity index (χ2v) is 4.87. The molecular formula is C15H15F3N2O4. The maximum atomic E-state index is 11.3. The molecule has 2 N–H and O–H groups in total. The van der Waals surface area contributed by atoms with Crippen LogP contribution in [0, 0.1) is 11.3 Å². The number of carbonyl (C=O) groups excluding carboxylic acids is 1. The smallest absolute Gasteiger partial charge is 0.475 e. The first kappa shape index (κ1) is 19.4. The molecule has 0 atom stereocenters. The molecule has 0 saturated carbocycles. The summed E-state index contributed by atoms with van der Waals surface area (Å²) in [5, 5.41) is 19.5. The number of esters is 1. The van der Waals surface area contributed by atoms with Crippen molar-refractivity contribution in [2.75, 3.05) is 13.7 Å². The van der Waals surface area contributed by atoms with Crippen molar-refractivity contribution in [3.63, 3.8) is 0 Å². The number of fused-ring (bicyclic) bond motifs is 1. The van der Waals surface area contributed by atoms with Gasteiger partial charge in [0.15, 0.2) is 0 Å². The number of nitrogens with zero attached hydrogens (tertiary/aromatic N) is 1. The van der Waals surface area contributed by atoms with E-state index in [0.29, 0.717) is 5.56 Å². The Hall–Kier alpha value is -2.60. The Bertz CT molecular complexity index is 666. The number of methoxy groups -OCH3 is 1. The third-order valence-electron chi connectivity index (χ3n) is 3.24. The summed E-state index contributed by atoms with van der Waals surface area (Å²) in [6.45, 7) is 1.74. The Morgan fingerprint density at radius 2 is 2.00 bits per heavy atom. The average molecular weight is 344 g/mol. The Labute approximate surface area is 135 Å². The summed E-state index contributed by atoms with van der Waals surface area (Å²) >= 11 is 0. The van der Waals surface area contributed by atoms with Gasteiger partial charge in [-0.2, -0.15) is 18.4 Å². The van der Waals surface area contributed by atoms with Crippen molar-refractivity contribution in [3.8, 4) is 6.07 Å². The van der Waals surface area contributed by atoms with Gasteiger partial charge in [-0.25, -0.2) is 4.79 Å². The summed E-state index contributed by atoms with van der Waals surface area (Å²) in [7, 11) is 1.36. The lowest BCUT2D eigenvalue weighted by Gasteiger charge is -2.18. The second kappa shape index (κ2) is 8.31. The van der Waals surface area contributed by atoms with E-state index >= 15 is 0 Å². The molecule has 1 heterocycles. The molecule has 0 radical (unpaired) electrons. The van der Waals surface area contributed by atoms with E-state index in [0.717, 1.165) is 30.6 Å². The number of aliphatic carboxylic acids is 1. The summed E-state index contributed by atoms with van der Waals surface area (Å²) in [6, 6.07) is 5.98. The van der Waals surface area contributed by atoms with E-state index in [9.17, 15) is 18.0 Å². The van der Waals surface area contributed by atoms with Gasteiger partial charge in [0.2, 0.25) is 0 Å². The van der Waals surface area contributed by atoms with Gasteiger partial charge < -0.3 is 15.2 Å². The molecule has 0 unspecified atom stereocenters. The molecule has 1 aliphatic rings. The first-order chi connectivity index (χ1) is 11.2. The van der Waals surface area contributed by atoms with Gasteiger partial charge in [0, 0.05) is 6.54 Å². The topological polar surface area (TPSA) is 99.4 Å². The van der Waals surface area contributed by atoms with Gasteiger partial charge in [0.1, 0.15) is 0 Å². The van der Waals surface area contributed by atoms with Crippen LogP contribution in [0.3, 0.4) is 0 Å². The fourth-order valence-corrected chi connectivity index (χ4v) is 2.06. The number of carbonyl (C=O) groups is 2. The van der Waals surface area contributed by atoms with E-state index in [1.165, 1.54) is 12.7 Å². The summed E-state index contributed by atoms with van der Waals surface area (Å²) in [5.41, 5.74) is 3.71. The van der Waals surface area contributed by atoms with Crippen LogP contribution in [-0.2, 0) is 33.7 Å². The van der Waals surface area contributed by atoms with Crippen LogP contribution in [0.5, 0.6) is 0 Å². The zero-order valence-electron chi connectivity index (χ0n) is 12.7. The molecule has 9 heteroatoms. The van der Waals surface area contributed by atoms with Crippen molar-refractivity contribution in [2.24, 2.45) is 0 Å². The Morgan fingerprint density at radius 1 is 1.38 bits per heavy atom. The van der Waals surface area contributed by atoms with E-state index in [2.05, 4.69) is 16.1 Å². The average Bonchev–Trinajstić information content (AvgIpc) is 2.53. The fourth-order valence-electron chi connectivity index (χ4n) is 2.06. The first-order valence-electron chi connectivity index (χ1n) is 6.81. The molecule has 1 aliphatic heterocycles. The largest absolute Gasteiger partial charge is 0.490 e. The molecule has 24 heavy (non-hydrogen) atoms. The molecule has 0 saturated heterocycles. The van der Waals surface area contributed by atoms with Crippen LogP contribution in [0.2, 0.25) is 0 Å². The lowest BCUT2D eigenvalue weighted by atomic mass is 9.93. The molecule has 130 valence electrons. The highest BCUT2D eigenvalue weighted by molar-refractivity contribution is 5.74. The molecule has 0 spiro atoms. The number of nitrogens with one attached hydrogen (secondary N) is 1. The number of ether oxygens (including phenoxy) is 1. The highest BCUT2D eigenvalue weighted by Gasteiger charge is 2.38. The van der Waals surface area contributed by atoms with Gasteiger partial charge in [-0.15, -0.1) is 0 Å². The molecule has 0 aliphatic carbocycles. The number of halogens is 3. The molecule has 0 bridgehead atoms. The minimum Gasteiger partial charge on any atom is -0.475 e. The van der Waals surface area contributed by atoms with Gasteiger partial charge in [-0.1, -0.05) is 6.07 Å². The monoisotopic (exact) mass is 344 g/mol. The van der Waals surface area contributed by atoms with E-state index in [1.54, 1.807) is 0 Å². The molecular weight excluding hydrogens is 329 g/mol. The van der Waals surface area contributed by atoms with Gasteiger partial charge in [0.25, 0.3) is 0 Å². The second-order valence-electron chi connectivity index (χ2n) is 4.87. The molecule has 1 aromatic rings. The van der Waals surface area contributed by atoms with Crippen molar-refractivity contribution >= 4 is 11.9 Å². The minimum atomic E-state index is -5.08. The van der Waals surface area contributed by atoms with Crippen LogP contribution in [0.25, 0.3) is 0 Å². The summed E-state index contributed by atoms with van der Waals surface area (Å²) in [4.78, 5) is 20.2. The predicted molar refractivity (Wildman–Crippen MR) is 76.0 cm³/mol. The third kappa shape index (κ3) is 5.55. The number of carboxylic acid groups (broad SMARTS) is 1. The van der Waals surface area contributed by atoms with Gasteiger partial charge in [-0.3, -0.25) is 4.79 Å². The summed E-state index contributed by atoms with van der Waals surface area (Å²) in [6.07, 6.45) is -3.98. The lowest BCUT2D eigenvalue weighted by Crippen LogP contribution is -2.24. The summed E-state index contributed by atoms with van der Waals surface area (Å²) in [5.74, 6) is -3.07. The Morgan fingerprint density at radius 3 is 2.50 bits per heavy atom. The van der Waals surface area contributed by atoms with Crippen molar-refractivity contribution in [1.29, 1.82) is 5.26 Å². The highest BCUT2D eigenvalue weighted by atomic mass is 19.4. The number of alkyl halides is 3. The standard InChI is InChI=1S/C13H14N2O2.C2HF3O2/c1-17-13(16)6-10-4-9-2-3-15-8-12(9)5-11(10)7-14;3-2(4,5)1(6)7/h4-5,15H,2-3,6,8H2,1H3;(H,6,7). The Balaban J connectivity index is 0.000000351. The maximum Gasteiger partial charge on any atom is 0.490 e. The van der Waals surface area contributed by atoms with Gasteiger partial charge >= 0.3 is 18.1 Å². The quantitative estimate of drug-likeness (QED) is 0.790. The molecule has 0 amide bonds. The van der Waals surface area contributed by atoms with Gasteiger partial charge in [0.05, 0.1) is 25.2 Å². The lowest BCUT2D eigenvalue weighted by molar-refractivity contribution is -0.192. The zero-order valence-corrected chi connectivity index (χ0v) is 12.7. The van der Waals surface area contributed by atoms with Crippen molar-refractivity contribution in [1.82, 2.24) is 5.32 Å². The fraction of sp³-hybridized carbons (Fsp3) is 0.400. The number of nitriles is 1. The van der Waals surface area contributed by atoms with Crippen LogP contribution in [-0.4, -0.2) is 36.9 Å². The minimum absolute atomic E-state index is 0.167. The van der Waals surface area contributed by atoms with Crippen LogP contribution in [0.15, 0.2) is 12.1 Å². The van der Waals surface area contributed by atoms with Crippen molar-refractivity contribution in [2.45, 2.75) is 25.6 Å². The zero-order chi connectivity index (χ0) is 18.3. The van der Waals surface area contributed by atoms with Crippen molar-refractivity contribution < 1.29 is 32.6 Å².